The molecule has 0 saturated carbocycles. The number of rotatable bonds is 4. The van der Waals surface area contributed by atoms with Gasteiger partial charge in [0.25, 0.3) is 5.56 Å². The zero-order chi connectivity index (χ0) is 20.5. The van der Waals surface area contributed by atoms with Gasteiger partial charge in [-0.15, -0.1) is 0 Å². The van der Waals surface area contributed by atoms with Gasteiger partial charge in [0.15, 0.2) is 0 Å². The standard InChI is InChI=1S/C22H20N2O5/c1-28-16-8-6-13(18(11-16)29-2)10-14-4-3-5-17-20(14)23-19-9-7-15(22(26)27)12-24(19)21(17)25/h6-12H,3-5H2,1-2H3,(H,26,27). The number of methoxy groups -OCH3 is 2. The van der Waals surface area contributed by atoms with Crippen LogP contribution in [-0.4, -0.2) is 34.7 Å². The topological polar surface area (TPSA) is 90.1 Å². The van der Waals surface area contributed by atoms with E-state index in [2.05, 4.69) is 4.98 Å². The summed E-state index contributed by atoms with van der Waals surface area (Å²) in [5.74, 6) is 0.293. The molecule has 1 N–H and O–H groups in total. The molecule has 7 nitrogen and oxygen atoms in total. The van der Waals surface area contributed by atoms with E-state index in [0.29, 0.717) is 34.8 Å². The fourth-order valence-corrected chi connectivity index (χ4v) is 3.63. The highest BCUT2D eigenvalue weighted by Crippen LogP contribution is 2.33. The number of nitrogens with zero attached hydrogens (tertiary/aromatic N) is 2. The molecule has 0 fully saturated rings. The van der Waals surface area contributed by atoms with E-state index in [4.69, 9.17) is 9.47 Å². The molecule has 0 radical (unpaired) electrons. The largest absolute Gasteiger partial charge is 0.497 e. The third kappa shape index (κ3) is 3.35. The molecular formula is C22H20N2O5. The van der Waals surface area contributed by atoms with E-state index in [0.717, 1.165) is 24.0 Å². The van der Waals surface area contributed by atoms with Gasteiger partial charge in [-0.3, -0.25) is 9.20 Å². The van der Waals surface area contributed by atoms with Crippen LogP contribution in [0.5, 0.6) is 11.5 Å². The third-order valence-corrected chi connectivity index (χ3v) is 5.11. The number of aromatic carboxylic acids is 1. The summed E-state index contributed by atoms with van der Waals surface area (Å²) < 4.78 is 12.0. The Labute approximate surface area is 166 Å². The maximum atomic E-state index is 13.0. The predicted octanol–water partition coefficient (Wildman–Crippen LogP) is 3.29. The van der Waals surface area contributed by atoms with Crippen LogP contribution in [0.15, 0.2) is 41.3 Å². The van der Waals surface area contributed by atoms with Gasteiger partial charge in [-0.05, 0) is 55.2 Å². The van der Waals surface area contributed by atoms with Crippen LogP contribution in [0.2, 0.25) is 0 Å². The molecule has 1 aliphatic rings. The Morgan fingerprint density at radius 1 is 1.17 bits per heavy atom. The molecule has 0 bridgehead atoms. The molecule has 3 aromatic rings. The lowest BCUT2D eigenvalue weighted by atomic mass is 9.90. The Morgan fingerprint density at radius 3 is 2.72 bits per heavy atom. The number of allylic oxidation sites excluding steroid dienone is 1. The van der Waals surface area contributed by atoms with Crippen LogP contribution < -0.4 is 15.0 Å². The second kappa shape index (κ2) is 7.43. The summed E-state index contributed by atoms with van der Waals surface area (Å²) in [7, 11) is 3.20. The first-order valence-corrected chi connectivity index (χ1v) is 9.23. The summed E-state index contributed by atoms with van der Waals surface area (Å²) in [5.41, 5.74) is 3.36. The van der Waals surface area contributed by atoms with Crippen molar-refractivity contribution in [3.8, 4) is 11.5 Å². The number of hydrogen-bond donors (Lipinski definition) is 1. The Balaban J connectivity index is 1.88. The van der Waals surface area contributed by atoms with Crippen molar-refractivity contribution in [1.29, 1.82) is 0 Å². The molecule has 0 atom stereocenters. The van der Waals surface area contributed by atoms with Crippen LogP contribution >= 0.6 is 0 Å². The van der Waals surface area contributed by atoms with Crippen molar-refractivity contribution in [2.45, 2.75) is 19.3 Å². The van der Waals surface area contributed by atoms with E-state index < -0.39 is 5.97 Å². The molecule has 0 unspecified atom stereocenters. The first kappa shape index (κ1) is 18.7. The van der Waals surface area contributed by atoms with Crippen LogP contribution in [0.25, 0.3) is 17.3 Å². The molecule has 148 valence electrons. The summed E-state index contributed by atoms with van der Waals surface area (Å²) in [6.45, 7) is 0. The number of benzene rings is 1. The molecule has 0 amide bonds. The van der Waals surface area contributed by atoms with Crippen LogP contribution in [0.3, 0.4) is 0 Å². The fraction of sp³-hybridized carbons (Fsp3) is 0.227. The number of carboxylic acids is 1. The number of carbonyl (C=O) groups is 1. The molecule has 7 heteroatoms. The monoisotopic (exact) mass is 392 g/mol. The maximum Gasteiger partial charge on any atom is 0.337 e. The van der Waals surface area contributed by atoms with Gasteiger partial charge in [-0.1, -0.05) is 0 Å². The summed E-state index contributed by atoms with van der Waals surface area (Å²) in [5, 5.41) is 9.20. The second-order valence-electron chi connectivity index (χ2n) is 6.83. The number of fused-ring (bicyclic) bond motifs is 2. The minimum Gasteiger partial charge on any atom is -0.497 e. The molecule has 4 rings (SSSR count). The van der Waals surface area contributed by atoms with Gasteiger partial charge in [0.05, 0.1) is 25.5 Å². The average Bonchev–Trinajstić information content (AvgIpc) is 2.74. The summed E-state index contributed by atoms with van der Waals surface area (Å²) >= 11 is 0. The highest BCUT2D eigenvalue weighted by atomic mass is 16.5. The average molecular weight is 392 g/mol. The minimum absolute atomic E-state index is 0.0518. The van der Waals surface area contributed by atoms with Crippen molar-refractivity contribution < 1.29 is 19.4 Å². The van der Waals surface area contributed by atoms with Crippen LogP contribution in [0.4, 0.5) is 0 Å². The number of pyridine rings is 1. The van der Waals surface area contributed by atoms with Crippen molar-refractivity contribution in [1.82, 2.24) is 9.38 Å². The van der Waals surface area contributed by atoms with Gasteiger partial charge in [-0.2, -0.15) is 0 Å². The zero-order valence-corrected chi connectivity index (χ0v) is 16.1. The molecule has 1 aromatic carbocycles. The molecule has 0 aliphatic heterocycles. The first-order valence-electron chi connectivity index (χ1n) is 9.23. The number of aromatic nitrogens is 2. The lowest BCUT2D eigenvalue weighted by molar-refractivity contribution is 0.0696. The number of ether oxygens (including phenoxy) is 2. The molecule has 0 saturated heterocycles. The molecule has 0 spiro atoms. The molecular weight excluding hydrogens is 372 g/mol. The summed E-state index contributed by atoms with van der Waals surface area (Å²) in [6.07, 6.45) is 5.54. The second-order valence-corrected chi connectivity index (χ2v) is 6.83. The smallest absolute Gasteiger partial charge is 0.337 e. The van der Waals surface area contributed by atoms with E-state index in [9.17, 15) is 14.7 Å². The maximum absolute atomic E-state index is 13.0. The van der Waals surface area contributed by atoms with Gasteiger partial charge in [0.2, 0.25) is 0 Å². The summed E-state index contributed by atoms with van der Waals surface area (Å²) in [4.78, 5) is 28.9. The van der Waals surface area contributed by atoms with Crippen LogP contribution in [0, 0.1) is 0 Å². The van der Waals surface area contributed by atoms with Gasteiger partial charge in [0.1, 0.15) is 17.1 Å². The zero-order valence-electron chi connectivity index (χ0n) is 16.1. The Kier molecular flexibility index (Phi) is 4.80. The van der Waals surface area contributed by atoms with E-state index in [1.807, 2.05) is 24.3 Å². The Hall–Kier alpha value is -3.61. The lowest BCUT2D eigenvalue weighted by Crippen LogP contribution is -2.25. The predicted molar refractivity (Wildman–Crippen MR) is 109 cm³/mol. The summed E-state index contributed by atoms with van der Waals surface area (Å²) in [6, 6.07) is 8.59. The van der Waals surface area contributed by atoms with Crippen molar-refractivity contribution in [3.05, 3.63) is 69.3 Å². The minimum atomic E-state index is -1.08. The number of hydrogen-bond acceptors (Lipinski definition) is 5. The molecule has 2 aromatic heterocycles. The van der Waals surface area contributed by atoms with Crippen molar-refractivity contribution >= 4 is 23.3 Å². The van der Waals surface area contributed by atoms with E-state index >= 15 is 0 Å². The van der Waals surface area contributed by atoms with Crippen molar-refractivity contribution in [2.24, 2.45) is 0 Å². The van der Waals surface area contributed by atoms with Crippen molar-refractivity contribution in [3.63, 3.8) is 0 Å². The van der Waals surface area contributed by atoms with Crippen LogP contribution in [-0.2, 0) is 6.42 Å². The molecule has 1 aliphatic carbocycles. The molecule has 29 heavy (non-hydrogen) atoms. The van der Waals surface area contributed by atoms with Gasteiger partial charge in [0, 0.05) is 23.4 Å². The Bertz CT molecular complexity index is 1210. The first-order chi connectivity index (χ1) is 14.0. The quantitative estimate of drug-likeness (QED) is 0.733. The van der Waals surface area contributed by atoms with E-state index in [1.54, 1.807) is 20.3 Å². The van der Waals surface area contributed by atoms with E-state index in [1.165, 1.54) is 16.7 Å². The number of carboxylic acid groups (broad SMARTS) is 1. The third-order valence-electron chi connectivity index (χ3n) is 5.11. The SMILES string of the molecule is COc1ccc(C=C2CCCc3c2nc2ccc(C(=O)O)cn2c3=O)c(OC)c1. The highest BCUT2D eigenvalue weighted by Gasteiger charge is 2.21. The highest BCUT2D eigenvalue weighted by molar-refractivity contribution is 5.88. The molecule has 2 heterocycles. The van der Waals surface area contributed by atoms with E-state index in [-0.39, 0.29) is 11.1 Å². The van der Waals surface area contributed by atoms with Crippen molar-refractivity contribution in [2.75, 3.05) is 14.2 Å². The lowest BCUT2D eigenvalue weighted by Gasteiger charge is -2.19. The van der Waals surface area contributed by atoms with Gasteiger partial charge >= 0.3 is 5.97 Å². The Morgan fingerprint density at radius 2 is 2.00 bits per heavy atom. The van der Waals surface area contributed by atoms with Gasteiger partial charge < -0.3 is 14.6 Å². The van der Waals surface area contributed by atoms with Crippen LogP contribution in [0.1, 0.15) is 40.0 Å². The normalized spacial score (nSPS) is 14.6. The van der Waals surface area contributed by atoms with Gasteiger partial charge in [-0.25, -0.2) is 9.78 Å². The fourth-order valence-electron chi connectivity index (χ4n) is 3.63.